The van der Waals surface area contributed by atoms with Gasteiger partial charge in [0.05, 0.1) is 17.6 Å². The molecule has 7 rings (SSSR count). The Morgan fingerprint density at radius 1 is 0.717 bits per heavy atom. The van der Waals surface area contributed by atoms with Crippen LogP contribution in [0.15, 0.2) is 72.3 Å². The molecule has 3 aliphatic carbocycles. The van der Waals surface area contributed by atoms with Gasteiger partial charge in [0.25, 0.3) is 0 Å². The third kappa shape index (κ3) is 8.74. The summed E-state index contributed by atoms with van der Waals surface area (Å²) in [6.45, 7) is 13.6. The highest BCUT2D eigenvalue weighted by Gasteiger charge is 2.75. The number of carbonyl (C=O) groups is 4. The maximum Gasteiger partial charge on any atom is 0.410 e. The molecule has 2 saturated carbocycles. The summed E-state index contributed by atoms with van der Waals surface area (Å²) in [6.07, 6.45) is 5.28. The summed E-state index contributed by atoms with van der Waals surface area (Å²) >= 11 is 0. The minimum absolute atomic E-state index is 0.00429. The second kappa shape index (κ2) is 14.6. The number of fused-ring (bicyclic) bond motifs is 1. The summed E-state index contributed by atoms with van der Waals surface area (Å²) in [5.74, 6) is 0.583. The Hall–Kier alpha value is -4.74. The molecule has 2 aromatic rings. The number of nitrogens with one attached hydrogen (secondary N) is 2. The van der Waals surface area contributed by atoms with Gasteiger partial charge in [-0.15, -0.1) is 0 Å². The number of alkyl carbamates (subject to hydrolysis) is 2. The highest BCUT2D eigenvalue weighted by Crippen LogP contribution is 2.71. The fraction of sp³-hybridized carbons (Fsp3) is 0.561. The molecule has 286 valence electrons. The van der Waals surface area contributed by atoms with E-state index in [1.54, 1.807) is 9.80 Å². The number of ether oxygens (including phenoxy) is 4. The number of nitrogens with zero attached hydrogens (tertiary/aromatic N) is 2. The van der Waals surface area contributed by atoms with Crippen molar-refractivity contribution in [2.45, 2.75) is 109 Å². The van der Waals surface area contributed by atoms with Crippen molar-refractivity contribution in [1.29, 1.82) is 0 Å². The lowest BCUT2D eigenvalue weighted by atomic mass is 9.85. The fourth-order valence-electron chi connectivity index (χ4n) is 8.44. The third-order valence-electron chi connectivity index (χ3n) is 10.8. The third-order valence-corrected chi connectivity index (χ3v) is 10.8. The van der Waals surface area contributed by atoms with Crippen LogP contribution in [0.4, 0.5) is 19.2 Å². The molecule has 2 saturated heterocycles. The molecule has 12 heteroatoms. The van der Waals surface area contributed by atoms with Crippen molar-refractivity contribution >= 4 is 24.4 Å². The van der Waals surface area contributed by atoms with Crippen molar-refractivity contribution in [3.05, 3.63) is 83.4 Å². The van der Waals surface area contributed by atoms with E-state index in [2.05, 4.69) is 16.7 Å². The lowest BCUT2D eigenvalue weighted by Gasteiger charge is -2.33. The molecule has 0 radical (unpaired) electrons. The Morgan fingerprint density at radius 2 is 1.26 bits per heavy atom. The maximum atomic E-state index is 12.6. The number of rotatable bonds is 6. The van der Waals surface area contributed by atoms with Crippen LogP contribution in [0.2, 0.25) is 0 Å². The summed E-state index contributed by atoms with van der Waals surface area (Å²) in [4.78, 5) is 53.1. The van der Waals surface area contributed by atoms with Crippen LogP contribution in [0.25, 0.3) is 0 Å². The number of allylic oxidation sites excluding steroid dienone is 1. The van der Waals surface area contributed by atoms with Crippen LogP contribution < -0.4 is 10.6 Å². The largest absolute Gasteiger partial charge is 0.445 e. The molecule has 2 N–H and O–H groups in total. The Bertz CT molecular complexity index is 1700. The first-order valence-corrected chi connectivity index (χ1v) is 18.6. The van der Waals surface area contributed by atoms with E-state index in [1.807, 2.05) is 102 Å². The van der Waals surface area contributed by atoms with E-state index in [1.165, 1.54) is 0 Å². The van der Waals surface area contributed by atoms with Gasteiger partial charge in [-0.05, 0) is 96.3 Å². The van der Waals surface area contributed by atoms with E-state index in [0.29, 0.717) is 32.1 Å². The van der Waals surface area contributed by atoms with Crippen molar-refractivity contribution in [1.82, 2.24) is 20.4 Å². The molecule has 1 spiro atoms. The number of hydrogen-bond acceptors (Lipinski definition) is 8. The van der Waals surface area contributed by atoms with Crippen molar-refractivity contribution in [2.75, 3.05) is 26.2 Å². The Kier molecular flexibility index (Phi) is 10.5. The highest BCUT2D eigenvalue weighted by atomic mass is 16.6. The number of hydrogen-bond donors (Lipinski definition) is 2. The van der Waals surface area contributed by atoms with Crippen molar-refractivity contribution in [3.8, 4) is 0 Å². The predicted octanol–water partition coefficient (Wildman–Crippen LogP) is 7.32. The second-order valence-corrected chi connectivity index (χ2v) is 17.1. The van der Waals surface area contributed by atoms with Crippen LogP contribution in [0.1, 0.15) is 84.8 Å². The Morgan fingerprint density at radius 3 is 1.81 bits per heavy atom. The first-order valence-electron chi connectivity index (χ1n) is 18.6. The van der Waals surface area contributed by atoms with Crippen LogP contribution in [0.3, 0.4) is 0 Å². The summed E-state index contributed by atoms with van der Waals surface area (Å²) in [5, 5.41) is 6.13. The lowest BCUT2D eigenvalue weighted by Crippen LogP contribution is -2.55. The van der Waals surface area contributed by atoms with E-state index < -0.39 is 28.9 Å². The van der Waals surface area contributed by atoms with Crippen molar-refractivity contribution < 1.29 is 38.1 Å². The van der Waals surface area contributed by atoms with Crippen LogP contribution in [-0.4, -0.2) is 82.6 Å². The van der Waals surface area contributed by atoms with Gasteiger partial charge in [-0.2, -0.15) is 0 Å². The fourth-order valence-corrected chi connectivity index (χ4v) is 8.44. The van der Waals surface area contributed by atoms with Crippen molar-refractivity contribution in [3.63, 3.8) is 0 Å². The number of carbonyl (C=O) groups excluding carboxylic acids is 4. The maximum absolute atomic E-state index is 12.6. The molecule has 2 heterocycles. The summed E-state index contributed by atoms with van der Waals surface area (Å²) < 4.78 is 21.8. The first kappa shape index (κ1) is 38.0. The van der Waals surface area contributed by atoms with Gasteiger partial charge in [0.15, 0.2) is 0 Å². The number of amides is 4. The van der Waals surface area contributed by atoms with Gasteiger partial charge in [-0.3, -0.25) is 0 Å². The van der Waals surface area contributed by atoms with Crippen LogP contribution in [-0.2, 0) is 32.2 Å². The number of benzene rings is 2. The molecule has 0 bridgehead atoms. The van der Waals surface area contributed by atoms with Gasteiger partial charge in [-0.1, -0.05) is 66.7 Å². The topological polar surface area (TPSA) is 136 Å². The molecule has 4 unspecified atom stereocenters. The van der Waals surface area contributed by atoms with Gasteiger partial charge in [0, 0.05) is 25.0 Å². The van der Waals surface area contributed by atoms with E-state index in [-0.39, 0.29) is 36.4 Å². The molecule has 0 aromatic heterocycles. The van der Waals surface area contributed by atoms with Gasteiger partial charge in [0.1, 0.15) is 24.4 Å². The van der Waals surface area contributed by atoms with Gasteiger partial charge < -0.3 is 39.4 Å². The minimum Gasteiger partial charge on any atom is -0.445 e. The first-order chi connectivity index (χ1) is 25.0. The molecule has 2 aromatic carbocycles. The summed E-state index contributed by atoms with van der Waals surface area (Å²) in [6, 6.07) is 19.2. The molecule has 4 amide bonds. The Balaban J connectivity index is 0.000000182. The normalized spacial score (nSPS) is 26.5. The molecular weight excluding hydrogens is 676 g/mol. The second-order valence-electron chi connectivity index (χ2n) is 17.1. The average Bonchev–Trinajstić information content (AvgIpc) is 3.31. The standard InChI is InChI=1S/C21H28N2O4.C20H26N2O4/c1-19(2,3)27-17(24)22-21-10-9-16-11-20(16,21)13-23(14-21)18(25)26-12-15-7-5-4-6-8-15;1-19(2,3)26-17(23)21-20-11-7-10-16(20)12-22(14-20)18(24)25-13-15-8-5-4-6-9-15/h4-8,16H,9-14H2,1-3H3,(H,22,24);4-6,8-10H,7,11-14H2,1-3H3,(H,21,23). The van der Waals surface area contributed by atoms with Crippen LogP contribution in [0.5, 0.6) is 0 Å². The Labute approximate surface area is 312 Å². The quantitative estimate of drug-likeness (QED) is 0.233. The zero-order valence-electron chi connectivity index (χ0n) is 31.9. The molecule has 5 aliphatic rings. The van der Waals surface area contributed by atoms with Gasteiger partial charge in [0.2, 0.25) is 0 Å². The molecule has 12 nitrogen and oxygen atoms in total. The van der Waals surface area contributed by atoms with E-state index in [0.717, 1.165) is 48.8 Å². The summed E-state index contributed by atoms with van der Waals surface area (Å²) in [5.41, 5.74) is 0.948. The lowest BCUT2D eigenvalue weighted by molar-refractivity contribution is 0.0422. The smallest absolute Gasteiger partial charge is 0.410 e. The van der Waals surface area contributed by atoms with E-state index in [4.69, 9.17) is 18.9 Å². The SMILES string of the molecule is CC(C)(C)OC(=O)NC12CCC3CC31CN(C(=O)OCc1ccccc1)C2.CC(C)(C)OC(=O)NC12CCC=C1CN(C(=O)OCc1ccccc1)C2. The van der Waals surface area contributed by atoms with E-state index >= 15 is 0 Å². The zero-order valence-corrected chi connectivity index (χ0v) is 31.9. The van der Waals surface area contributed by atoms with E-state index in [9.17, 15) is 19.2 Å². The monoisotopic (exact) mass is 730 g/mol. The molecule has 4 atom stereocenters. The number of likely N-dealkylation sites (tertiary alicyclic amines) is 2. The predicted molar refractivity (Wildman–Crippen MR) is 198 cm³/mol. The van der Waals surface area contributed by atoms with Crippen LogP contribution in [0, 0.1) is 11.3 Å². The molecular formula is C41H54N4O8. The average molecular weight is 731 g/mol. The highest BCUT2D eigenvalue weighted by molar-refractivity contribution is 5.74. The molecule has 2 aliphatic heterocycles. The molecule has 53 heavy (non-hydrogen) atoms. The minimum atomic E-state index is -0.559. The van der Waals surface area contributed by atoms with Crippen molar-refractivity contribution in [2.24, 2.45) is 11.3 Å². The van der Waals surface area contributed by atoms with Crippen LogP contribution >= 0.6 is 0 Å². The summed E-state index contributed by atoms with van der Waals surface area (Å²) in [7, 11) is 0. The molecule has 4 fully saturated rings. The van der Waals surface area contributed by atoms with Gasteiger partial charge in [-0.25, -0.2) is 19.2 Å². The zero-order chi connectivity index (χ0) is 38.1. The van der Waals surface area contributed by atoms with Gasteiger partial charge >= 0.3 is 24.4 Å².